The Bertz CT molecular complexity index is 871. The number of hydrogen-bond donors (Lipinski definition) is 2. The fraction of sp³-hybridized carbons (Fsp3) is 0.167. The third-order valence-corrected chi connectivity index (χ3v) is 5.33. The molecular weight excluding hydrogens is 359 g/mol. The van der Waals surface area contributed by atoms with E-state index in [0.717, 1.165) is 16.7 Å². The molecule has 0 aliphatic carbocycles. The predicted molar refractivity (Wildman–Crippen MR) is 78.8 cm³/mol. The Labute approximate surface area is 127 Å². The van der Waals surface area contributed by atoms with Crippen LogP contribution in [-0.2, 0) is 16.6 Å². The first-order valence-electron chi connectivity index (χ1n) is 6.07. The van der Waals surface area contributed by atoms with Gasteiger partial charge in [-0.2, -0.15) is 0 Å². The first-order valence-corrected chi connectivity index (χ1v) is 9.09. The van der Waals surface area contributed by atoms with Gasteiger partial charge >= 0.3 is 127 Å². The Morgan fingerprint density at radius 2 is 2.10 bits per heavy atom. The average Bonchev–Trinajstić information content (AvgIpc) is 3.14. The van der Waals surface area contributed by atoms with Crippen molar-refractivity contribution >= 4 is 41.7 Å². The molecule has 21 heavy (non-hydrogen) atoms. The zero-order valence-electron chi connectivity index (χ0n) is 11.0. The van der Waals surface area contributed by atoms with E-state index in [-0.39, 0.29) is 20.1 Å². The summed E-state index contributed by atoms with van der Waals surface area (Å²) in [5.41, 5.74) is 2.61. The van der Waals surface area contributed by atoms with Crippen LogP contribution in [0.3, 0.4) is 0 Å². The molecule has 7 nitrogen and oxygen atoms in total. The molecule has 110 valence electrons. The first kappa shape index (κ1) is 14.3. The molecule has 2 aromatic heterocycles. The standard InChI is InChI=1S/C12H12N4O3SSe/c1-13-20(17,18)11-6-5-8(19-11)7-14-9-3-2-4-10-12(9)16-21-15-10/h2-6,13-14H,7H2,1H3. The predicted octanol–water partition coefficient (Wildman–Crippen LogP) is 0.800. The van der Waals surface area contributed by atoms with Gasteiger partial charge in [-0.25, -0.2) is 0 Å². The second-order valence-electron chi connectivity index (χ2n) is 4.22. The molecule has 0 fully saturated rings. The maximum absolute atomic E-state index is 11.6. The van der Waals surface area contributed by atoms with Crippen LogP contribution < -0.4 is 10.0 Å². The number of nitrogens with one attached hydrogen (secondary N) is 2. The van der Waals surface area contributed by atoms with Crippen molar-refractivity contribution in [3.8, 4) is 0 Å². The van der Waals surface area contributed by atoms with E-state index in [0.29, 0.717) is 12.3 Å². The Morgan fingerprint density at radius 1 is 1.24 bits per heavy atom. The van der Waals surface area contributed by atoms with E-state index in [1.807, 2.05) is 18.2 Å². The monoisotopic (exact) mass is 372 g/mol. The number of benzene rings is 1. The number of aromatic nitrogens is 2. The average molecular weight is 371 g/mol. The fourth-order valence-electron chi connectivity index (χ4n) is 1.83. The van der Waals surface area contributed by atoms with Gasteiger partial charge in [0, 0.05) is 0 Å². The van der Waals surface area contributed by atoms with Gasteiger partial charge in [0.05, 0.1) is 0 Å². The van der Waals surface area contributed by atoms with Crippen molar-refractivity contribution in [3.63, 3.8) is 0 Å². The van der Waals surface area contributed by atoms with E-state index >= 15 is 0 Å². The van der Waals surface area contributed by atoms with Crippen LogP contribution in [0.5, 0.6) is 0 Å². The van der Waals surface area contributed by atoms with E-state index in [1.54, 1.807) is 6.07 Å². The maximum atomic E-state index is 11.6. The van der Waals surface area contributed by atoms with Gasteiger partial charge in [-0.15, -0.1) is 0 Å². The minimum atomic E-state index is -3.55. The molecule has 1 aromatic carbocycles. The van der Waals surface area contributed by atoms with Crippen molar-refractivity contribution in [2.45, 2.75) is 11.6 Å². The van der Waals surface area contributed by atoms with Gasteiger partial charge in [-0.3, -0.25) is 0 Å². The van der Waals surface area contributed by atoms with Gasteiger partial charge in [-0.1, -0.05) is 0 Å². The van der Waals surface area contributed by atoms with Crippen molar-refractivity contribution in [3.05, 3.63) is 36.1 Å². The van der Waals surface area contributed by atoms with Crippen LogP contribution in [-0.4, -0.2) is 38.4 Å². The van der Waals surface area contributed by atoms with Gasteiger partial charge in [0.2, 0.25) is 0 Å². The number of sulfonamides is 1. The molecule has 3 rings (SSSR count). The Hall–Kier alpha value is -1.67. The number of furan rings is 1. The topological polar surface area (TPSA) is 97.1 Å². The molecule has 0 atom stereocenters. The molecule has 9 heteroatoms. The van der Waals surface area contributed by atoms with E-state index in [4.69, 9.17) is 4.42 Å². The van der Waals surface area contributed by atoms with E-state index < -0.39 is 10.0 Å². The van der Waals surface area contributed by atoms with Crippen molar-refractivity contribution in [1.82, 2.24) is 12.7 Å². The quantitative estimate of drug-likeness (QED) is 0.644. The first-order chi connectivity index (χ1) is 10.1. The molecule has 2 N–H and O–H groups in total. The van der Waals surface area contributed by atoms with E-state index in [1.165, 1.54) is 13.1 Å². The second-order valence-corrected chi connectivity index (χ2v) is 7.15. The van der Waals surface area contributed by atoms with Gasteiger partial charge in [-0.05, 0) is 0 Å². The number of nitrogens with zero attached hydrogens (tertiary/aromatic N) is 2. The van der Waals surface area contributed by atoms with Crippen LogP contribution in [0.15, 0.2) is 39.8 Å². The van der Waals surface area contributed by atoms with Crippen molar-refractivity contribution in [2.75, 3.05) is 12.4 Å². The summed E-state index contributed by atoms with van der Waals surface area (Å²) in [5.74, 6) is 0.530. The Morgan fingerprint density at radius 3 is 2.90 bits per heavy atom. The molecule has 0 radical (unpaired) electrons. The molecule has 0 saturated carbocycles. The molecule has 0 aliphatic heterocycles. The molecule has 0 amide bonds. The third kappa shape index (κ3) is 2.86. The van der Waals surface area contributed by atoms with Crippen molar-refractivity contribution in [1.29, 1.82) is 0 Å². The summed E-state index contributed by atoms with van der Waals surface area (Å²) in [6.07, 6.45) is 0. The van der Waals surface area contributed by atoms with Crippen LogP contribution >= 0.6 is 0 Å². The van der Waals surface area contributed by atoms with Crippen molar-refractivity contribution in [2.24, 2.45) is 0 Å². The summed E-state index contributed by atoms with van der Waals surface area (Å²) < 4.78 is 39.4. The molecule has 0 unspecified atom stereocenters. The zero-order valence-corrected chi connectivity index (χ0v) is 13.6. The summed E-state index contributed by atoms with van der Waals surface area (Å²) >= 11 is -0.0845. The normalized spacial score (nSPS) is 11.9. The Kier molecular flexibility index (Phi) is 3.81. The third-order valence-electron chi connectivity index (χ3n) is 2.91. The van der Waals surface area contributed by atoms with Crippen LogP contribution in [0.25, 0.3) is 11.0 Å². The second kappa shape index (κ2) is 5.61. The van der Waals surface area contributed by atoms with E-state index in [2.05, 4.69) is 18.0 Å². The molecule has 2 heterocycles. The molecule has 3 aromatic rings. The Balaban J connectivity index is 1.78. The summed E-state index contributed by atoms with van der Waals surface area (Å²) in [7, 11) is -2.20. The summed E-state index contributed by atoms with van der Waals surface area (Å²) in [6, 6.07) is 8.80. The van der Waals surface area contributed by atoms with Gasteiger partial charge in [0.15, 0.2) is 0 Å². The van der Waals surface area contributed by atoms with Crippen molar-refractivity contribution < 1.29 is 12.8 Å². The molecule has 0 spiro atoms. The van der Waals surface area contributed by atoms with Crippen LogP contribution in [0.2, 0.25) is 0 Å². The van der Waals surface area contributed by atoms with Crippen LogP contribution in [0.4, 0.5) is 5.69 Å². The molecule has 0 bridgehead atoms. The molecular formula is C12H12N4O3SSe. The molecule has 0 aliphatic rings. The number of anilines is 1. The SMILES string of the molecule is CNS(=O)(=O)c1ccc(CNc2cccc3n[se]nc23)o1. The van der Waals surface area contributed by atoms with Gasteiger partial charge in [0.25, 0.3) is 0 Å². The zero-order chi connectivity index (χ0) is 14.9. The number of fused-ring (bicyclic) bond motifs is 1. The minimum absolute atomic E-state index is 0.0845. The van der Waals surface area contributed by atoms with E-state index in [9.17, 15) is 8.42 Å². The van der Waals surface area contributed by atoms with Crippen LogP contribution in [0.1, 0.15) is 5.76 Å². The summed E-state index contributed by atoms with van der Waals surface area (Å²) in [4.78, 5) is 0. The number of hydrogen-bond acceptors (Lipinski definition) is 6. The van der Waals surface area contributed by atoms with Crippen LogP contribution in [0, 0.1) is 0 Å². The van der Waals surface area contributed by atoms with Gasteiger partial charge in [0.1, 0.15) is 0 Å². The number of rotatable bonds is 5. The summed E-state index contributed by atoms with van der Waals surface area (Å²) in [5, 5.41) is 3.10. The summed E-state index contributed by atoms with van der Waals surface area (Å²) in [6.45, 7) is 0.373. The molecule has 0 saturated heterocycles. The van der Waals surface area contributed by atoms with Gasteiger partial charge < -0.3 is 0 Å². The fourth-order valence-corrected chi connectivity index (χ4v) is 3.65.